The van der Waals surface area contributed by atoms with Crippen LogP contribution in [0.5, 0.6) is 0 Å². The molecule has 2 heterocycles. The number of nitrogens with zero attached hydrogens (tertiary/aromatic N) is 3. The molecule has 1 unspecified atom stereocenters. The minimum Gasteiger partial charge on any atom is -0.481 e. The summed E-state index contributed by atoms with van der Waals surface area (Å²) in [6, 6.07) is 6.05. The second kappa shape index (κ2) is 11.6. The van der Waals surface area contributed by atoms with E-state index in [0.29, 0.717) is 18.2 Å². The van der Waals surface area contributed by atoms with Crippen molar-refractivity contribution < 1.29 is 9.90 Å². The van der Waals surface area contributed by atoms with Gasteiger partial charge in [-0.3, -0.25) is 9.78 Å². The molecule has 1 aliphatic carbocycles. The maximum absolute atomic E-state index is 12.5. The molecule has 204 valence electrons. The van der Waals surface area contributed by atoms with Crippen molar-refractivity contribution in [2.24, 2.45) is 11.3 Å². The molecule has 1 atom stereocenters. The molecule has 0 radical (unpaired) electrons. The molecule has 7 heteroatoms. The largest absolute Gasteiger partial charge is 0.481 e. The van der Waals surface area contributed by atoms with Crippen LogP contribution in [0.3, 0.4) is 0 Å². The summed E-state index contributed by atoms with van der Waals surface area (Å²) in [4.78, 5) is 22.0. The first-order valence-electron chi connectivity index (χ1n) is 13.9. The third-order valence-electron chi connectivity index (χ3n) is 8.54. The van der Waals surface area contributed by atoms with E-state index in [-0.39, 0.29) is 0 Å². The predicted molar refractivity (Wildman–Crippen MR) is 154 cm³/mol. The van der Waals surface area contributed by atoms with Crippen LogP contribution in [0, 0.1) is 25.2 Å². The Bertz CT molecular complexity index is 1270. The maximum Gasteiger partial charge on any atom is 0.310 e. The van der Waals surface area contributed by atoms with Gasteiger partial charge in [0.1, 0.15) is 5.82 Å². The molecule has 0 spiro atoms. The van der Waals surface area contributed by atoms with Crippen LogP contribution in [-0.2, 0) is 17.8 Å². The number of rotatable bonds is 9. The summed E-state index contributed by atoms with van der Waals surface area (Å²) in [7, 11) is 1.83. The van der Waals surface area contributed by atoms with Crippen LogP contribution in [0.1, 0.15) is 92.1 Å². The van der Waals surface area contributed by atoms with Gasteiger partial charge in [0.25, 0.3) is 0 Å². The van der Waals surface area contributed by atoms with E-state index in [1.807, 2.05) is 45.4 Å². The lowest BCUT2D eigenvalue weighted by atomic mass is 9.70. The Morgan fingerprint density at radius 1 is 1.18 bits per heavy atom. The predicted octanol–water partition coefficient (Wildman–Crippen LogP) is 6.32. The minimum atomic E-state index is -1.08. The highest BCUT2D eigenvalue weighted by Crippen LogP contribution is 2.44. The van der Waals surface area contributed by atoms with Crippen LogP contribution < -0.4 is 11.1 Å². The summed E-state index contributed by atoms with van der Waals surface area (Å²) < 4.78 is 2.24. The van der Waals surface area contributed by atoms with E-state index in [9.17, 15) is 9.90 Å². The standard InChI is InChI=1S/C31H43N5O2/c1-20-25(12-13-26(33-5)29(20)32)28(31(3,4)30(37)38)23-17-24(21(2)35-18-23)19-36-15-14-34-27(36)16-22-10-8-6-7-9-11-22/h12-15,17-18,22,28,33H,6-11,16,19,32H2,1-5H3,(H,37,38). The Labute approximate surface area is 226 Å². The number of aromatic nitrogens is 3. The van der Waals surface area contributed by atoms with Gasteiger partial charge in [-0.15, -0.1) is 0 Å². The molecule has 4 N–H and O–H groups in total. The number of carboxylic acids is 1. The average molecular weight is 518 g/mol. The molecule has 38 heavy (non-hydrogen) atoms. The normalized spacial score (nSPS) is 15.7. The van der Waals surface area contributed by atoms with E-state index >= 15 is 0 Å². The van der Waals surface area contributed by atoms with Crippen LogP contribution in [-0.4, -0.2) is 32.7 Å². The number of aliphatic carboxylic acids is 1. The number of hydrogen-bond donors (Lipinski definition) is 3. The lowest BCUT2D eigenvalue weighted by Gasteiger charge is -2.33. The van der Waals surface area contributed by atoms with Gasteiger partial charge in [0.2, 0.25) is 0 Å². The first kappa shape index (κ1) is 27.7. The van der Waals surface area contributed by atoms with Crippen molar-refractivity contribution in [2.45, 2.75) is 85.1 Å². The van der Waals surface area contributed by atoms with Gasteiger partial charge in [0, 0.05) is 43.7 Å². The van der Waals surface area contributed by atoms with Crippen LogP contribution in [0.4, 0.5) is 11.4 Å². The molecule has 3 aromatic rings. The smallest absolute Gasteiger partial charge is 0.310 e. The van der Waals surface area contributed by atoms with Crippen LogP contribution >= 0.6 is 0 Å². The van der Waals surface area contributed by atoms with E-state index in [0.717, 1.165) is 45.9 Å². The molecule has 7 nitrogen and oxygen atoms in total. The van der Waals surface area contributed by atoms with Crippen molar-refractivity contribution in [3.05, 3.63) is 70.6 Å². The number of carbonyl (C=O) groups is 1. The van der Waals surface area contributed by atoms with Gasteiger partial charge >= 0.3 is 5.97 Å². The van der Waals surface area contributed by atoms with Crippen molar-refractivity contribution in [1.29, 1.82) is 0 Å². The van der Waals surface area contributed by atoms with Crippen LogP contribution in [0.15, 0.2) is 36.8 Å². The first-order chi connectivity index (χ1) is 18.1. The molecule has 0 amide bonds. The molecule has 1 aliphatic rings. The Hall–Kier alpha value is -3.35. The fourth-order valence-corrected chi connectivity index (χ4v) is 5.98. The van der Waals surface area contributed by atoms with Crippen LogP contribution in [0.2, 0.25) is 0 Å². The van der Waals surface area contributed by atoms with Crippen LogP contribution in [0.25, 0.3) is 0 Å². The molecule has 0 bridgehead atoms. The topological polar surface area (TPSA) is 106 Å². The molecule has 4 rings (SSSR count). The maximum atomic E-state index is 12.5. The Kier molecular flexibility index (Phi) is 8.44. The molecular weight excluding hydrogens is 474 g/mol. The summed E-state index contributed by atoms with van der Waals surface area (Å²) in [5, 5.41) is 13.4. The van der Waals surface area contributed by atoms with Gasteiger partial charge in [0.05, 0.1) is 23.3 Å². The number of pyridine rings is 1. The summed E-state index contributed by atoms with van der Waals surface area (Å²) in [5.41, 5.74) is 11.5. The van der Waals surface area contributed by atoms with Gasteiger partial charge in [-0.25, -0.2) is 4.98 Å². The zero-order valence-corrected chi connectivity index (χ0v) is 23.6. The molecule has 0 saturated heterocycles. The summed E-state index contributed by atoms with van der Waals surface area (Å²) in [6.07, 6.45) is 14.7. The minimum absolute atomic E-state index is 0.423. The first-order valence-corrected chi connectivity index (χ1v) is 13.9. The molecular formula is C31H43N5O2. The zero-order chi connectivity index (χ0) is 27.4. The van der Waals surface area contributed by atoms with Gasteiger partial charge in [-0.05, 0) is 61.9 Å². The van der Waals surface area contributed by atoms with E-state index in [1.54, 1.807) is 13.8 Å². The SMILES string of the molecule is CNc1ccc(C(c2cnc(C)c(Cn3ccnc3CC3CCCCCC3)c2)C(C)(C)C(=O)O)c(C)c1N. The average Bonchev–Trinajstić information content (AvgIpc) is 3.14. The van der Waals surface area contributed by atoms with E-state index in [2.05, 4.69) is 22.1 Å². The highest BCUT2D eigenvalue weighted by Gasteiger charge is 2.40. The number of hydrogen-bond acceptors (Lipinski definition) is 5. The second-order valence-corrected chi connectivity index (χ2v) is 11.5. The van der Waals surface area contributed by atoms with Crippen molar-refractivity contribution in [2.75, 3.05) is 18.1 Å². The van der Waals surface area contributed by atoms with Gasteiger partial charge in [0.15, 0.2) is 0 Å². The molecule has 1 fully saturated rings. The van der Waals surface area contributed by atoms with Gasteiger partial charge in [-0.1, -0.05) is 50.7 Å². The lowest BCUT2D eigenvalue weighted by Crippen LogP contribution is -2.33. The summed E-state index contributed by atoms with van der Waals surface area (Å²) in [5.74, 6) is 0.531. The van der Waals surface area contributed by atoms with Crippen molar-refractivity contribution >= 4 is 17.3 Å². The fourth-order valence-electron chi connectivity index (χ4n) is 5.98. The number of nitrogens with two attached hydrogens (primary N) is 1. The number of carboxylic acid groups (broad SMARTS) is 1. The number of imidazole rings is 1. The molecule has 2 aromatic heterocycles. The molecule has 0 aliphatic heterocycles. The van der Waals surface area contributed by atoms with Gasteiger partial charge in [-0.2, -0.15) is 0 Å². The van der Waals surface area contributed by atoms with E-state index in [4.69, 9.17) is 15.7 Å². The Balaban J connectivity index is 1.71. The number of aryl methyl sites for hydroxylation is 1. The monoisotopic (exact) mass is 517 g/mol. The Morgan fingerprint density at radius 3 is 2.55 bits per heavy atom. The Morgan fingerprint density at radius 2 is 1.89 bits per heavy atom. The summed E-state index contributed by atoms with van der Waals surface area (Å²) in [6.45, 7) is 8.20. The number of nitrogen functional groups attached to an aromatic ring is 1. The number of benzene rings is 1. The molecule has 1 aromatic carbocycles. The highest BCUT2D eigenvalue weighted by molar-refractivity contribution is 5.78. The summed E-state index contributed by atoms with van der Waals surface area (Å²) >= 11 is 0. The second-order valence-electron chi connectivity index (χ2n) is 11.5. The third-order valence-corrected chi connectivity index (χ3v) is 8.54. The van der Waals surface area contributed by atoms with Crippen molar-refractivity contribution in [3.8, 4) is 0 Å². The fraction of sp³-hybridized carbons (Fsp3) is 0.516. The lowest BCUT2D eigenvalue weighted by molar-refractivity contribution is -0.147. The zero-order valence-electron chi connectivity index (χ0n) is 23.6. The van der Waals surface area contributed by atoms with Crippen molar-refractivity contribution in [3.63, 3.8) is 0 Å². The quantitative estimate of drug-likeness (QED) is 0.226. The number of nitrogens with one attached hydrogen (secondary N) is 1. The molecule has 1 saturated carbocycles. The highest BCUT2D eigenvalue weighted by atomic mass is 16.4. The van der Waals surface area contributed by atoms with Crippen molar-refractivity contribution in [1.82, 2.24) is 14.5 Å². The van der Waals surface area contributed by atoms with E-state index < -0.39 is 17.3 Å². The van der Waals surface area contributed by atoms with E-state index in [1.165, 1.54) is 38.5 Å². The number of anilines is 2. The third kappa shape index (κ3) is 5.71. The van der Waals surface area contributed by atoms with Gasteiger partial charge < -0.3 is 20.7 Å².